The van der Waals surface area contributed by atoms with E-state index in [1.807, 2.05) is 11.1 Å². The second-order valence-electron chi connectivity index (χ2n) is 19.2. The molecule has 0 aromatic rings. The molecule has 8 bridgehead atoms. The molecule has 2 nitrogen and oxygen atoms in total. The average molecular weight is 621 g/mol. The van der Waals surface area contributed by atoms with Crippen molar-refractivity contribution in [2.75, 3.05) is 19.3 Å². The number of rotatable bonds is 7. The molecule has 11 aliphatic rings. The maximum absolute atomic E-state index is 4.08. The largest absolute Gasteiger partial charge is 0.313 e. The number of allylic oxidation sites excluding steroid dienone is 3. The molecule has 11 rings (SSSR count). The molecule has 2 aliphatic heterocycles. The fraction of sp³-hybridized carbons (Fsp3) is 0.897. The van der Waals surface area contributed by atoms with Crippen molar-refractivity contribution in [1.82, 2.24) is 10.6 Å². The Kier molecular flexibility index (Phi) is 7.10. The molecule has 4 heteroatoms. The lowest BCUT2D eigenvalue weighted by Crippen LogP contribution is -2.57. The van der Waals surface area contributed by atoms with Crippen LogP contribution in [0.1, 0.15) is 130 Å². The average Bonchev–Trinajstić information content (AvgIpc) is 3.72. The minimum atomic E-state index is -0.0255. The Hall–Kier alpha value is 0.260. The van der Waals surface area contributed by atoms with Crippen molar-refractivity contribution in [3.8, 4) is 0 Å². The molecule has 0 radical (unpaired) electrons. The predicted octanol–water partition coefficient (Wildman–Crippen LogP) is 9.20. The molecular formula is C39H62N2P2. The first kappa shape index (κ1) is 29.4. The lowest BCUT2D eigenvalue weighted by molar-refractivity contribution is 0.0187. The topological polar surface area (TPSA) is 24.1 Å². The van der Waals surface area contributed by atoms with Crippen molar-refractivity contribution < 1.29 is 0 Å². The summed E-state index contributed by atoms with van der Waals surface area (Å²) in [5, 5.41) is 9.76. The Balaban J connectivity index is 1.17. The van der Waals surface area contributed by atoms with Gasteiger partial charge in [0.2, 0.25) is 0 Å². The maximum Gasteiger partial charge on any atom is 0.0370 e. The van der Waals surface area contributed by atoms with Gasteiger partial charge in [-0.2, -0.15) is 0 Å². The lowest BCUT2D eigenvalue weighted by atomic mass is 9.55. The van der Waals surface area contributed by atoms with Crippen LogP contribution in [0.4, 0.5) is 0 Å². The number of hydrogen-bond donors (Lipinski definition) is 2. The highest BCUT2D eigenvalue weighted by Crippen LogP contribution is 2.79. The Morgan fingerprint density at radius 2 is 1.14 bits per heavy atom. The summed E-state index contributed by atoms with van der Waals surface area (Å²) in [6.45, 7) is 9.94. The van der Waals surface area contributed by atoms with Crippen molar-refractivity contribution in [2.24, 2.45) is 40.9 Å². The normalized spacial score (nSPS) is 48.8. The highest BCUT2D eigenvalue weighted by Gasteiger charge is 2.63. The molecule has 3 unspecified atom stereocenters. The van der Waals surface area contributed by atoms with Crippen LogP contribution >= 0.6 is 17.2 Å². The van der Waals surface area contributed by atoms with Crippen molar-refractivity contribution in [3.63, 3.8) is 0 Å². The van der Waals surface area contributed by atoms with Crippen molar-refractivity contribution in [3.05, 3.63) is 22.8 Å². The molecule has 43 heavy (non-hydrogen) atoms. The molecule has 9 aliphatic carbocycles. The molecule has 0 aromatic heterocycles. The Morgan fingerprint density at radius 3 is 1.49 bits per heavy atom. The standard InChI is InChI=1S/C39H62N2P2/c1-36(2,3)32-16-31(33(17-32)39(42,34-6-4-8-40-34)35-7-5-9-41-35)24-43(37-18-25-10-26(19-37)12-27(11-25)20-37)38-21-28-13-29(22-38)15-30(14-28)23-38/h16,25-30,34-35,40-41H,4-15,17-24,42H2,1-3H3. The first-order chi connectivity index (χ1) is 20.6. The van der Waals surface area contributed by atoms with Gasteiger partial charge in [0, 0.05) is 17.2 Å². The zero-order valence-corrected chi connectivity index (χ0v) is 29.9. The summed E-state index contributed by atoms with van der Waals surface area (Å²) in [4.78, 5) is 0. The number of hydrogen-bond acceptors (Lipinski definition) is 2. The van der Waals surface area contributed by atoms with E-state index in [0.717, 1.165) is 35.5 Å². The molecule has 0 aromatic carbocycles. The van der Waals surface area contributed by atoms with Crippen LogP contribution in [-0.4, -0.2) is 46.8 Å². The van der Waals surface area contributed by atoms with Crippen LogP contribution in [0.2, 0.25) is 0 Å². The van der Waals surface area contributed by atoms with Gasteiger partial charge >= 0.3 is 0 Å². The van der Waals surface area contributed by atoms with E-state index < -0.39 is 0 Å². The van der Waals surface area contributed by atoms with Gasteiger partial charge in [-0.3, -0.25) is 0 Å². The van der Waals surface area contributed by atoms with E-state index in [4.69, 9.17) is 0 Å². The second kappa shape index (κ2) is 10.4. The van der Waals surface area contributed by atoms with Crippen molar-refractivity contribution >= 4 is 17.2 Å². The second-order valence-corrected chi connectivity index (χ2v) is 23.2. The molecule has 2 N–H and O–H groups in total. The zero-order chi connectivity index (χ0) is 29.2. The zero-order valence-electron chi connectivity index (χ0n) is 27.9. The lowest BCUT2D eigenvalue weighted by Gasteiger charge is -2.67. The first-order valence-corrected chi connectivity index (χ1v) is 21.2. The van der Waals surface area contributed by atoms with Crippen LogP contribution < -0.4 is 10.6 Å². The van der Waals surface area contributed by atoms with Crippen molar-refractivity contribution in [2.45, 2.75) is 157 Å². The molecular weight excluding hydrogens is 558 g/mol. The Bertz CT molecular complexity index is 1050. The fourth-order valence-electron chi connectivity index (χ4n) is 14.4. The van der Waals surface area contributed by atoms with Gasteiger partial charge in [0.25, 0.3) is 0 Å². The van der Waals surface area contributed by atoms with Gasteiger partial charge in [-0.15, -0.1) is 9.24 Å². The van der Waals surface area contributed by atoms with E-state index >= 15 is 0 Å². The molecule has 0 spiro atoms. The minimum Gasteiger partial charge on any atom is -0.313 e. The van der Waals surface area contributed by atoms with Gasteiger partial charge in [0.15, 0.2) is 0 Å². The SMILES string of the molecule is CC(C)(C)C1=CC(CP(C23CC4CC(CC(C4)C2)C3)C23CC4CC(CC(C4)C2)C3)=C(C(P)(C2CCCN2)C2CCCN2)C1. The van der Waals surface area contributed by atoms with E-state index in [9.17, 15) is 0 Å². The minimum absolute atomic E-state index is 0.0255. The molecule has 8 saturated carbocycles. The predicted molar refractivity (Wildman–Crippen MR) is 187 cm³/mol. The highest BCUT2D eigenvalue weighted by molar-refractivity contribution is 7.61. The fourth-order valence-corrected chi connectivity index (χ4v) is 20.4. The van der Waals surface area contributed by atoms with Crippen LogP contribution in [0.5, 0.6) is 0 Å². The summed E-state index contributed by atoms with van der Waals surface area (Å²) in [6.07, 6.45) is 30.3. The number of nitrogens with one attached hydrogen (secondary N) is 2. The van der Waals surface area contributed by atoms with E-state index in [0.29, 0.717) is 22.4 Å². The van der Waals surface area contributed by atoms with Gasteiger partial charge in [-0.25, -0.2) is 0 Å². The molecule has 10 fully saturated rings. The quantitative estimate of drug-likeness (QED) is 0.277. The smallest absolute Gasteiger partial charge is 0.0370 e. The third-order valence-electron chi connectivity index (χ3n) is 15.3. The first-order valence-electron chi connectivity index (χ1n) is 19.1. The summed E-state index contributed by atoms with van der Waals surface area (Å²) >= 11 is 0. The van der Waals surface area contributed by atoms with Crippen LogP contribution in [0, 0.1) is 40.9 Å². The summed E-state index contributed by atoms with van der Waals surface area (Å²) in [5.41, 5.74) is 5.75. The van der Waals surface area contributed by atoms with E-state index in [1.54, 1.807) is 82.6 Å². The van der Waals surface area contributed by atoms with Crippen LogP contribution in [0.15, 0.2) is 22.8 Å². The molecule has 238 valence electrons. The molecule has 2 saturated heterocycles. The molecule has 0 amide bonds. The van der Waals surface area contributed by atoms with Gasteiger partial charge in [-0.1, -0.05) is 40.3 Å². The summed E-state index contributed by atoms with van der Waals surface area (Å²) < 4.78 is 0. The Labute approximate surface area is 267 Å². The van der Waals surface area contributed by atoms with E-state index in [-0.39, 0.29) is 18.5 Å². The van der Waals surface area contributed by atoms with Gasteiger partial charge in [0.05, 0.1) is 0 Å². The Morgan fingerprint density at radius 1 is 0.721 bits per heavy atom. The maximum atomic E-state index is 4.08. The summed E-state index contributed by atoms with van der Waals surface area (Å²) in [6, 6.07) is 1.22. The summed E-state index contributed by atoms with van der Waals surface area (Å²) in [7, 11) is 3.59. The monoisotopic (exact) mass is 620 g/mol. The van der Waals surface area contributed by atoms with Crippen LogP contribution in [-0.2, 0) is 0 Å². The highest BCUT2D eigenvalue weighted by atomic mass is 31.1. The van der Waals surface area contributed by atoms with Crippen molar-refractivity contribution in [1.29, 1.82) is 0 Å². The van der Waals surface area contributed by atoms with E-state index in [1.165, 1.54) is 51.4 Å². The van der Waals surface area contributed by atoms with Gasteiger partial charge in [0.1, 0.15) is 0 Å². The molecule has 2 heterocycles. The van der Waals surface area contributed by atoms with E-state index in [2.05, 4.69) is 46.7 Å². The summed E-state index contributed by atoms with van der Waals surface area (Å²) in [5.74, 6) is 6.47. The van der Waals surface area contributed by atoms with Gasteiger partial charge in [-0.05, 0) is 191 Å². The third kappa shape index (κ3) is 4.74. The third-order valence-corrected chi connectivity index (χ3v) is 20.5. The molecule has 3 atom stereocenters. The van der Waals surface area contributed by atoms with Crippen LogP contribution in [0.3, 0.4) is 0 Å². The van der Waals surface area contributed by atoms with Gasteiger partial charge < -0.3 is 10.6 Å². The van der Waals surface area contributed by atoms with Crippen LogP contribution in [0.25, 0.3) is 0 Å².